The van der Waals surface area contributed by atoms with Crippen molar-refractivity contribution in [3.05, 3.63) is 0 Å². The number of hydrogen-bond donors (Lipinski definition) is 2. The van der Waals surface area contributed by atoms with Crippen LogP contribution < -0.4 is 11.3 Å². The molecule has 2 nitrogen and oxygen atoms in total. The Bertz CT molecular complexity index is 314. The van der Waals surface area contributed by atoms with Crippen molar-refractivity contribution in [1.82, 2.24) is 5.43 Å². The largest absolute Gasteiger partial charge is 0.271 e. The number of hydrogen-bond acceptors (Lipinski definition) is 2. The molecule has 2 heteroatoms. The molecule has 4 aliphatic rings. The topological polar surface area (TPSA) is 38.0 Å². The van der Waals surface area contributed by atoms with Crippen LogP contribution in [-0.4, -0.2) is 6.04 Å². The van der Waals surface area contributed by atoms with Crippen LogP contribution in [0.15, 0.2) is 0 Å². The summed E-state index contributed by atoms with van der Waals surface area (Å²) < 4.78 is 0. The Morgan fingerprint density at radius 1 is 1.18 bits per heavy atom. The summed E-state index contributed by atoms with van der Waals surface area (Å²) in [7, 11) is 0. The predicted molar refractivity (Wildman–Crippen MR) is 69.8 cm³/mol. The van der Waals surface area contributed by atoms with E-state index in [0.29, 0.717) is 11.5 Å². The maximum Gasteiger partial charge on any atom is 0.0376 e. The molecule has 0 spiro atoms. The Morgan fingerprint density at radius 3 is 2.12 bits per heavy atom. The second-order valence-electron chi connectivity index (χ2n) is 6.63. The van der Waals surface area contributed by atoms with E-state index < -0.39 is 0 Å². The van der Waals surface area contributed by atoms with Crippen molar-refractivity contribution < 1.29 is 0 Å². The zero-order valence-corrected chi connectivity index (χ0v) is 10.8. The van der Waals surface area contributed by atoms with Gasteiger partial charge in [0.05, 0.1) is 0 Å². The van der Waals surface area contributed by atoms with Crippen LogP contribution in [0.3, 0.4) is 0 Å². The van der Waals surface area contributed by atoms with E-state index >= 15 is 0 Å². The van der Waals surface area contributed by atoms with Crippen LogP contribution in [0.5, 0.6) is 0 Å². The Morgan fingerprint density at radius 2 is 1.71 bits per heavy atom. The minimum absolute atomic E-state index is 0.420. The van der Waals surface area contributed by atoms with Crippen molar-refractivity contribution in [3.8, 4) is 11.8 Å². The zero-order chi connectivity index (χ0) is 11.9. The molecule has 3 N–H and O–H groups in total. The van der Waals surface area contributed by atoms with E-state index in [1.54, 1.807) is 0 Å². The summed E-state index contributed by atoms with van der Waals surface area (Å²) in [4.78, 5) is 0. The molecule has 4 saturated carbocycles. The number of nitrogens with two attached hydrogens (primary N) is 1. The smallest absolute Gasteiger partial charge is 0.0376 e. The minimum atomic E-state index is 0.420. The number of hydrazine groups is 1. The Balaban J connectivity index is 1.81. The summed E-state index contributed by atoms with van der Waals surface area (Å²) in [5, 5.41) is 0. The molecule has 0 radical (unpaired) electrons. The van der Waals surface area contributed by atoms with Crippen LogP contribution in [0.2, 0.25) is 0 Å². The van der Waals surface area contributed by atoms with Crippen LogP contribution in [0.25, 0.3) is 0 Å². The van der Waals surface area contributed by atoms with Crippen LogP contribution in [0.4, 0.5) is 0 Å². The van der Waals surface area contributed by atoms with Gasteiger partial charge in [-0.2, -0.15) is 0 Å². The first kappa shape index (κ1) is 11.6. The second-order valence-corrected chi connectivity index (χ2v) is 6.63. The third kappa shape index (κ3) is 1.90. The fourth-order valence-corrected chi connectivity index (χ4v) is 5.26. The van der Waals surface area contributed by atoms with Gasteiger partial charge in [-0.3, -0.25) is 11.3 Å². The molecule has 94 valence electrons. The summed E-state index contributed by atoms with van der Waals surface area (Å²) in [6, 6.07) is 0.420. The average molecular weight is 232 g/mol. The molecule has 4 fully saturated rings. The van der Waals surface area contributed by atoms with Crippen LogP contribution >= 0.6 is 0 Å². The van der Waals surface area contributed by atoms with Gasteiger partial charge in [0.2, 0.25) is 0 Å². The average Bonchev–Trinajstić information content (AvgIpc) is 2.27. The highest BCUT2D eigenvalue weighted by molar-refractivity contribution is 5.09. The van der Waals surface area contributed by atoms with E-state index in [1.165, 1.54) is 38.5 Å². The quantitative estimate of drug-likeness (QED) is 0.445. The maximum absolute atomic E-state index is 5.82. The zero-order valence-electron chi connectivity index (χ0n) is 10.8. The first-order chi connectivity index (χ1) is 8.25. The fourth-order valence-electron chi connectivity index (χ4n) is 5.26. The lowest BCUT2D eigenvalue weighted by Gasteiger charge is -2.59. The van der Waals surface area contributed by atoms with Gasteiger partial charge in [-0.15, -0.1) is 11.8 Å². The summed E-state index contributed by atoms with van der Waals surface area (Å²) in [6.07, 6.45) is 9.62. The van der Waals surface area contributed by atoms with E-state index in [9.17, 15) is 0 Å². The molecule has 4 bridgehead atoms. The van der Waals surface area contributed by atoms with Gasteiger partial charge in [0.1, 0.15) is 0 Å². The summed E-state index contributed by atoms with van der Waals surface area (Å²) in [5.41, 5.74) is 3.57. The lowest BCUT2D eigenvalue weighted by Crippen LogP contribution is -2.57. The Hall–Kier alpha value is -0.520. The van der Waals surface area contributed by atoms with Gasteiger partial charge in [-0.25, -0.2) is 0 Å². The molecule has 0 aromatic carbocycles. The predicted octanol–water partition coefficient (Wildman–Crippen LogP) is 2.45. The van der Waals surface area contributed by atoms with Gasteiger partial charge in [0.15, 0.2) is 0 Å². The molecular formula is C15H24N2. The molecule has 0 aliphatic heterocycles. The van der Waals surface area contributed by atoms with Gasteiger partial charge in [-0.05, 0) is 68.6 Å². The lowest BCUT2D eigenvalue weighted by molar-refractivity contribution is -0.0728. The third-order valence-electron chi connectivity index (χ3n) is 5.51. The SMILES string of the molecule is CC#CCC(NN)C12CC3CC(CC(C3)C1)C2. The third-order valence-corrected chi connectivity index (χ3v) is 5.51. The van der Waals surface area contributed by atoms with E-state index in [1.807, 2.05) is 6.92 Å². The molecule has 1 atom stereocenters. The first-order valence-corrected chi connectivity index (χ1v) is 7.11. The van der Waals surface area contributed by atoms with Crippen LogP contribution in [-0.2, 0) is 0 Å². The molecule has 0 aromatic rings. The van der Waals surface area contributed by atoms with Crippen molar-refractivity contribution >= 4 is 0 Å². The Kier molecular flexibility index (Phi) is 2.92. The van der Waals surface area contributed by atoms with Crippen LogP contribution in [0, 0.1) is 35.0 Å². The van der Waals surface area contributed by atoms with E-state index in [-0.39, 0.29) is 0 Å². The molecule has 4 rings (SSSR count). The highest BCUT2D eigenvalue weighted by Gasteiger charge is 2.53. The van der Waals surface area contributed by atoms with Gasteiger partial charge in [0.25, 0.3) is 0 Å². The van der Waals surface area contributed by atoms with Gasteiger partial charge < -0.3 is 0 Å². The van der Waals surface area contributed by atoms with Gasteiger partial charge in [-0.1, -0.05) is 0 Å². The molecule has 0 heterocycles. The first-order valence-electron chi connectivity index (χ1n) is 7.11. The van der Waals surface area contributed by atoms with Gasteiger partial charge >= 0.3 is 0 Å². The van der Waals surface area contributed by atoms with Crippen molar-refractivity contribution in [2.45, 2.75) is 57.9 Å². The molecule has 1 unspecified atom stereocenters. The molecule has 4 aliphatic carbocycles. The molecular weight excluding hydrogens is 208 g/mol. The highest BCUT2D eigenvalue weighted by atomic mass is 15.2. The Labute approximate surface area is 105 Å². The number of rotatable bonds is 3. The van der Waals surface area contributed by atoms with Crippen LogP contribution in [0.1, 0.15) is 51.9 Å². The standard InChI is InChI=1S/C15H24N2/c1-2-3-4-14(17-16)15-8-11-5-12(9-15)7-13(6-11)10-15/h11-14,17H,4-10,16H2,1H3. The van der Waals surface area contributed by atoms with Crippen molar-refractivity contribution in [3.63, 3.8) is 0 Å². The van der Waals surface area contributed by atoms with Crippen molar-refractivity contribution in [1.29, 1.82) is 0 Å². The normalized spacial score (nSPS) is 44.2. The minimum Gasteiger partial charge on any atom is -0.271 e. The molecule has 0 saturated heterocycles. The van der Waals surface area contributed by atoms with E-state index in [2.05, 4.69) is 17.3 Å². The lowest BCUT2D eigenvalue weighted by atomic mass is 9.47. The van der Waals surface area contributed by atoms with Crippen molar-refractivity contribution in [2.24, 2.45) is 29.0 Å². The fraction of sp³-hybridized carbons (Fsp3) is 0.867. The van der Waals surface area contributed by atoms with E-state index in [0.717, 1.165) is 24.2 Å². The number of nitrogens with one attached hydrogen (secondary N) is 1. The molecule has 17 heavy (non-hydrogen) atoms. The monoisotopic (exact) mass is 232 g/mol. The van der Waals surface area contributed by atoms with Crippen molar-refractivity contribution in [2.75, 3.05) is 0 Å². The summed E-state index contributed by atoms with van der Waals surface area (Å²) in [5.74, 6) is 15.0. The summed E-state index contributed by atoms with van der Waals surface area (Å²) >= 11 is 0. The highest BCUT2D eigenvalue weighted by Crippen LogP contribution is 2.61. The molecule has 0 amide bonds. The van der Waals surface area contributed by atoms with E-state index in [4.69, 9.17) is 5.84 Å². The van der Waals surface area contributed by atoms with Gasteiger partial charge in [0, 0.05) is 12.5 Å². The molecule has 0 aromatic heterocycles. The summed E-state index contributed by atoms with van der Waals surface area (Å²) in [6.45, 7) is 1.92. The second kappa shape index (κ2) is 4.30. The maximum atomic E-state index is 5.82.